The van der Waals surface area contributed by atoms with Gasteiger partial charge in [-0.2, -0.15) is 0 Å². The fourth-order valence-electron chi connectivity index (χ4n) is 0.899. The molecule has 1 rings (SSSR count). The van der Waals surface area contributed by atoms with Crippen LogP contribution in [-0.4, -0.2) is 9.52 Å². The fraction of sp³-hybridized carbons (Fsp3) is 0.250. The van der Waals surface area contributed by atoms with Crippen molar-refractivity contribution >= 4 is 56.3 Å². The molecular weight excluding hydrogens is 433 g/mol. The third-order valence-electron chi connectivity index (χ3n) is 1.57. The van der Waals surface area contributed by atoms with E-state index in [9.17, 15) is 13.2 Å². The van der Waals surface area contributed by atoms with E-state index in [-0.39, 0.29) is 5.82 Å². The maximum atomic E-state index is 12.6. The summed E-state index contributed by atoms with van der Waals surface area (Å²) in [7, 11) is 0. The number of alkyl halides is 2. The van der Waals surface area contributed by atoms with Gasteiger partial charge in [0.1, 0.15) is 6.58 Å². The molecular formula is C8H6FI2O2S-. The van der Waals surface area contributed by atoms with Gasteiger partial charge in [0.25, 0.3) is 0 Å². The maximum Gasteiger partial charge on any atom is 0.138 e. The minimum absolute atomic E-state index is 0.315. The molecule has 78 valence electrons. The van der Waals surface area contributed by atoms with Crippen molar-refractivity contribution in [1.29, 1.82) is 0 Å². The van der Waals surface area contributed by atoms with Gasteiger partial charge < -0.3 is 4.55 Å². The van der Waals surface area contributed by atoms with Crippen LogP contribution in [0.1, 0.15) is 5.56 Å². The summed E-state index contributed by atoms with van der Waals surface area (Å²) in [4.78, 5) is 0. The number of hydrogen-bond donors (Lipinski definition) is 0. The Kier molecular flexibility index (Phi) is 4.72. The van der Waals surface area contributed by atoms with Crippen molar-refractivity contribution in [3.8, 4) is 0 Å². The molecule has 0 saturated heterocycles. The molecule has 0 heterocycles. The van der Waals surface area contributed by atoms with E-state index in [2.05, 4.69) is 0 Å². The molecule has 1 aromatic carbocycles. The predicted octanol–water partition coefficient (Wildman–Crippen LogP) is 2.77. The van der Waals surface area contributed by atoms with Gasteiger partial charge in [0, 0.05) is 6.42 Å². The number of rotatable bonds is 3. The van der Waals surface area contributed by atoms with Crippen LogP contribution in [0.2, 0.25) is 0 Å². The molecule has 0 aliphatic rings. The zero-order chi connectivity index (χ0) is 10.8. The second-order valence-corrected chi connectivity index (χ2v) is 11.1. The Bertz CT molecular complexity index is 340. The first-order chi connectivity index (χ1) is 6.42. The van der Waals surface area contributed by atoms with E-state index in [0.29, 0.717) is 6.42 Å². The van der Waals surface area contributed by atoms with Gasteiger partial charge in [-0.1, -0.05) is 57.3 Å². The highest BCUT2D eigenvalue weighted by molar-refractivity contribution is 14.2. The molecule has 0 aliphatic carbocycles. The van der Waals surface area contributed by atoms with E-state index in [4.69, 9.17) is 0 Å². The Labute approximate surface area is 111 Å². The molecule has 0 N–H and O–H groups in total. The SMILES string of the molecule is O=S([O-])C(I)(I)Cc1ccc(F)cc1. The first kappa shape index (κ1) is 12.8. The molecule has 1 aromatic rings. The van der Waals surface area contributed by atoms with Crippen LogP contribution in [0.4, 0.5) is 4.39 Å². The third-order valence-corrected chi connectivity index (χ3v) is 5.12. The summed E-state index contributed by atoms with van der Waals surface area (Å²) in [6, 6.07) is 5.83. The average Bonchev–Trinajstić information content (AvgIpc) is 2.08. The standard InChI is InChI=1S/C8H7FI2O2S/c9-7-3-1-6(2-4-7)5-8(10,11)14(12)13/h1-4H,5H2,(H,12,13)/p-1. The maximum absolute atomic E-state index is 12.6. The molecule has 2 nitrogen and oxygen atoms in total. The van der Waals surface area contributed by atoms with E-state index in [1.165, 1.54) is 12.1 Å². The summed E-state index contributed by atoms with van der Waals surface area (Å²) in [6.45, 7) is 0. The van der Waals surface area contributed by atoms with Crippen molar-refractivity contribution < 1.29 is 13.2 Å². The highest BCUT2D eigenvalue weighted by Crippen LogP contribution is 2.34. The van der Waals surface area contributed by atoms with Crippen molar-refractivity contribution in [3.63, 3.8) is 0 Å². The molecule has 0 aliphatic heterocycles. The lowest BCUT2D eigenvalue weighted by Gasteiger charge is -2.23. The van der Waals surface area contributed by atoms with E-state index in [1.54, 1.807) is 12.1 Å². The lowest BCUT2D eigenvalue weighted by Crippen LogP contribution is -2.21. The minimum atomic E-state index is -2.15. The van der Waals surface area contributed by atoms with Gasteiger partial charge in [-0.25, -0.2) is 4.39 Å². The highest BCUT2D eigenvalue weighted by Gasteiger charge is 2.23. The second kappa shape index (κ2) is 5.17. The van der Waals surface area contributed by atoms with Crippen molar-refractivity contribution in [3.05, 3.63) is 35.6 Å². The van der Waals surface area contributed by atoms with Crippen LogP contribution in [0.25, 0.3) is 0 Å². The van der Waals surface area contributed by atoms with Crippen LogP contribution < -0.4 is 0 Å². The molecule has 0 bridgehead atoms. The van der Waals surface area contributed by atoms with Gasteiger partial charge in [-0.3, -0.25) is 4.21 Å². The molecule has 14 heavy (non-hydrogen) atoms. The first-order valence-corrected chi connectivity index (χ1v) is 6.87. The third kappa shape index (κ3) is 3.70. The summed E-state index contributed by atoms with van der Waals surface area (Å²) in [5.74, 6) is -0.315. The molecule has 0 amide bonds. The van der Waals surface area contributed by atoms with E-state index in [1.807, 2.05) is 45.2 Å². The predicted molar refractivity (Wildman–Crippen MR) is 69.8 cm³/mol. The van der Waals surface area contributed by atoms with Crippen LogP contribution in [0, 0.1) is 5.82 Å². The Morgan fingerprint density at radius 2 is 1.86 bits per heavy atom. The smallest absolute Gasteiger partial charge is 0.138 e. The van der Waals surface area contributed by atoms with Crippen LogP contribution in [0.3, 0.4) is 0 Å². The van der Waals surface area contributed by atoms with Gasteiger partial charge in [0.15, 0.2) is 0 Å². The van der Waals surface area contributed by atoms with Crippen molar-refractivity contribution in [2.24, 2.45) is 0 Å². The lowest BCUT2D eigenvalue weighted by molar-refractivity contribution is 0.533. The second-order valence-electron chi connectivity index (χ2n) is 2.68. The Morgan fingerprint density at radius 3 is 2.29 bits per heavy atom. The van der Waals surface area contributed by atoms with Crippen molar-refractivity contribution in [1.82, 2.24) is 0 Å². The number of hydrogen-bond acceptors (Lipinski definition) is 2. The average molecular weight is 439 g/mol. The molecule has 0 radical (unpaired) electrons. The molecule has 1 atom stereocenters. The first-order valence-electron chi connectivity index (χ1n) is 3.63. The fourth-order valence-corrected chi connectivity index (χ4v) is 2.06. The summed E-state index contributed by atoms with van der Waals surface area (Å²) in [5.41, 5.74) is 0.805. The van der Waals surface area contributed by atoms with Crippen LogP contribution in [0.5, 0.6) is 0 Å². The summed E-state index contributed by atoms with van der Waals surface area (Å²) >= 11 is 1.56. The summed E-state index contributed by atoms with van der Waals surface area (Å²) in [6.07, 6.45) is 0.366. The van der Waals surface area contributed by atoms with E-state index < -0.39 is 11.8 Å². The molecule has 0 aromatic heterocycles. The normalized spacial score (nSPS) is 14.0. The van der Waals surface area contributed by atoms with E-state index in [0.717, 1.165) is 5.56 Å². The largest absolute Gasteiger partial charge is 0.771 e. The minimum Gasteiger partial charge on any atom is -0.771 e. The van der Waals surface area contributed by atoms with Gasteiger partial charge >= 0.3 is 0 Å². The van der Waals surface area contributed by atoms with Gasteiger partial charge in [0.2, 0.25) is 0 Å². The van der Waals surface area contributed by atoms with Gasteiger partial charge in [-0.15, -0.1) is 0 Å². The van der Waals surface area contributed by atoms with Gasteiger partial charge in [0.05, 0.1) is 0 Å². The lowest BCUT2D eigenvalue weighted by atomic mass is 10.2. The Balaban J connectivity index is 2.79. The molecule has 0 fully saturated rings. The monoisotopic (exact) mass is 439 g/mol. The topological polar surface area (TPSA) is 40.1 Å². The zero-order valence-corrected chi connectivity index (χ0v) is 12.0. The van der Waals surface area contributed by atoms with E-state index >= 15 is 0 Å². The van der Waals surface area contributed by atoms with Gasteiger partial charge in [-0.05, 0) is 28.8 Å². The highest BCUT2D eigenvalue weighted by atomic mass is 127. The Hall–Kier alpha value is 0.720. The van der Waals surface area contributed by atoms with Crippen molar-refractivity contribution in [2.75, 3.05) is 0 Å². The molecule has 1 unspecified atom stereocenters. The summed E-state index contributed by atoms with van der Waals surface area (Å²) in [5, 5.41) is 0. The molecule has 0 saturated carbocycles. The zero-order valence-electron chi connectivity index (χ0n) is 6.88. The summed E-state index contributed by atoms with van der Waals surface area (Å²) < 4.78 is 33.3. The number of halogens is 3. The molecule has 6 heteroatoms. The molecule has 0 spiro atoms. The van der Waals surface area contributed by atoms with Crippen LogP contribution in [0.15, 0.2) is 24.3 Å². The van der Waals surface area contributed by atoms with Crippen molar-refractivity contribution in [2.45, 2.75) is 7.18 Å². The quantitative estimate of drug-likeness (QED) is 0.413. The van der Waals surface area contributed by atoms with Crippen LogP contribution in [-0.2, 0) is 17.5 Å². The van der Waals surface area contributed by atoms with Crippen LogP contribution >= 0.6 is 45.2 Å². The number of benzene rings is 1. The Morgan fingerprint density at radius 1 is 1.36 bits per heavy atom.